The zero-order valence-corrected chi connectivity index (χ0v) is 36.0. The van der Waals surface area contributed by atoms with Gasteiger partial charge in [0.25, 0.3) is 0 Å². The number of nitrogens with zero attached hydrogens (tertiary/aromatic N) is 4. The van der Waals surface area contributed by atoms with Gasteiger partial charge in [-0.15, -0.1) is 0 Å². The number of benzene rings is 8. The molecule has 0 N–H and O–H groups in total. The molecular formula is C56H52N4. The van der Waals surface area contributed by atoms with Gasteiger partial charge in [0.1, 0.15) is 11.7 Å². The highest BCUT2D eigenvalue weighted by molar-refractivity contribution is 6.26. The lowest BCUT2D eigenvalue weighted by atomic mass is 9.83. The van der Waals surface area contributed by atoms with E-state index in [0.717, 1.165) is 34.2 Å². The van der Waals surface area contributed by atoms with Gasteiger partial charge in [-0.3, -0.25) is 9.98 Å². The molecule has 0 bridgehead atoms. The molecule has 0 spiro atoms. The summed E-state index contributed by atoms with van der Waals surface area (Å²) in [6.45, 7) is 18.2. The second-order valence-corrected chi connectivity index (χ2v) is 18.7. The molecule has 0 amide bonds. The van der Waals surface area contributed by atoms with Crippen LogP contribution in [0.3, 0.4) is 0 Å². The molecular weight excluding hydrogens is 729 g/mol. The molecule has 2 aliphatic heterocycles. The number of hydrogen-bond donors (Lipinski definition) is 0. The third-order valence-corrected chi connectivity index (χ3v) is 14.1. The van der Waals surface area contributed by atoms with E-state index in [9.17, 15) is 0 Å². The number of anilines is 2. The first-order valence-corrected chi connectivity index (χ1v) is 21.3. The van der Waals surface area contributed by atoms with Crippen LogP contribution >= 0.6 is 0 Å². The third kappa shape index (κ3) is 5.79. The highest BCUT2D eigenvalue weighted by atomic mass is 15.3. The van der Waals surface area contributed by atoms with Crippen LogP contribution in [0.4, 0.5) is 11.4 Å². The Bertz CT molecular complexity index is 2820. The smallest absolute Gasteiger partial charge is 0.136 e. The fourth-order valence-electron chi connectivity index (χ4n) is 9.40. The van der Waals surface area contributed by atoms with E-state index < -0.39 is 0 Å². The van der Waals surface area contributed by atoms with E-state index in [0.29, 0.717) is 0 Å². The summed E-state index contributed by atoms with van der Waals surface area (Å²) in [5, 5.41) is 7.54. The molecule has 8 aromatic rings. The Kier molecular flexibility index (Phi) is 8.49. The highest BCUT2D eigenvalue weighted by Crippen LogP contribution is 2.45. The van der Waals surface area contributed by atoms with Crippen LogP contribution in [0.5, 0.6) is 0 Å². The van der Waals surface area contributed by atoms with Gasteiger partial charge in [-0.1, -0.05) is 121 Å². The van der Waals surface area contributed by atoms with Crippen molar-refractivity contribution in [3.8, 4) is 22.3 Å². The molecule has 0 aliphatic carbocycles. The van der Waals surface area contributed by atoms with Crippen LogP contribution in [0.2, 0.25) is 0 Å². The third-order valence-electron chi connectivity index (χ3n) is 14.1. The van der Waals surface area contributed by atoms with Crippen LogP contribution in [0, 0.1) is 0 Å². The average Bonchev–Trinajstić information content (AvgIpc) is 3.58. The molecule has 0 saturated carbocycles. The first-order valence-electron chi connectivity index (χ1n) is 21.3. The minimum atomic E-state index is -0.275. The Morgan fingerprint density at radius 1 is 0.300 bits per heavy atom. The predicted octanol–water partition coefficient (Wildman–Crippen LogP) is 14.1. The van der Waals surface area contributed by atoms with E-state index >= 15 is 0 Å². The fourth-order valence-corrected chi connectivity index (χ4v) is 9.40. The summed E-state index contributed by atoms with van der Waals surface area (Å²) in [4.78, 5) is 15.6. The molecule has 60 heavy (non-hydrogen) atoms. The summed E-state index contributed by atoms with van der Waals surface area (Å²) in [5.41, 5.74) is 8.31. The van der Waals surface area contributed by atoms with Gasteiger partial charge in [-0.25, -0.2) is 0 Å². The highest BCUT2D eigenvalue weighted by Gasteiger charge is 2.51. The molecule has 296 valence electrons. The van der Waals surface area contributed by atoms with Crippen LogP contribution in [-0.2, 0) is 0 Å². The van der Waals surface area contributed by atoms with E-state index in [1.807, 2.05) is 0 Å². The zero-order valence-electron chi connectivity index (χ0n) is 36.0. The molecule has 4 heteroatoms. The quantitative estimate of drug-likeness (QED) is 0.157. The number of amidine groups is 2. The summed E-state index contributed by atoms with van der Waals surface area (Å²) in [5.74, 6) is 2.02. The maximum absolute atomic E-state index is 5.38. The van der Waals surface area contributed by atoms with Crippen LogP contribution in [0.1, 0.15) is 66.5 Å². The number of rotatable bonds is 6. The first-order chi connectivity index (χ1) is 28.7. The maximum Gasteiger partial charge on any atom is 0.136 e. The van der Waals surface area contributed by atoms with Crippen molar-refractivity contribution < 1.29 is 0 Å². The van der Waals surface area contributed by atoms with Crippen molar-refractivity contribution in [3.05, 3.63) is 181 Å². The van der Waals surface area contributed by atoms with Crippen molar-refractivity contribution >= 4 is 55.4 Å². The summed E-state index contributed by atoms with van der Waals surface area (Å²) >= 11 is 0. The molecule has 2 aliphatic rings. The summed E-state index contributed by atoms with van der Waals surface area (Å²) in [7, 11) is 0. The molecule has 0 fully saturated rings. The van der Waals surface area contributed by atoms with E-state index in [1.54, 1.807) is 0 Å². The lowest BCUT2D eigenvalue weighted by molar-refractivity contribution is 0.338. The summed E-state index contributed by atoms with van der Waals surface area (Å²) in [6.07, 6.45) is 0. The molecule has 0 aromatic heterocycles. The average molecular weight is 781 g/mol. The second kappa shape index (κ2) is 13.5. The van der Waals surface area contributed by atoms with E-state index in [2.05, 4.69) is 235 Å². The minimum Gasteiger partial charge on any atom is -0.318 e. The van der Waals surface area contributed by atoms with E-state index in [1.165, 1.54) is 54.6 Å². The largest absolute Gasteiger partial charge is 0.318 e. The van der Waals surface area contributed by atoms with Crippen LogP contribution in [0.15, 0.2) is 180 Å². The summed E-state index contributed by atoms with van der Waals surface area (Å²) in [6, 6.07) is 62.1. The van der Waals surface area contributed by atoms with Crippen molar-refractivity contribution in [1.29, 1.82) is 0 Å². The van der Waals surface area contributed by atoms with Gasteiger partial charge >= 0.3 is 0 Å². The van der Waals surface area contributed by atoms with Gasteiger partial charge in [0, 0.05) is 22.5 Å². The van der Waals surface area contributed by atoms with Gasteiger partial charge in [0.15, 0.2) is 0 Å². The van der Waals surface area contributed by atoms with E-state index in [4.69, 9.17) is 9.98 Å². The van der Waals surface area contributed by atoms with Crippen molar-refractivity contribution in [2.24, 2.45) is 9.98 Å². The molecule has 0 saturated heterocycles. The molecule has 0 unspecified atom stereocenters. The molecule has 0 atom stereocenters. The van der Waals surface area contributed by atoms with Gasteiger partial charge in [-0.05, 0) is 158 Å². The number of hydrogen-bond acceptors (Lipinski definition) is 4. The summed E-state index contributed by atoms with van der Waals surface area (Å²) < 4.78 is 0. The molecule has 8 aromatic carbocycles. The minimum absolute atomic E-state index is 0.214. The molecule has 0 radical (unpaired) electrons. The van der Waals surface area contributed by atoms with Crippen molar-refractivity contribution in [2.75, 3.05) is 9.80 Å². The second-order valence-electron chi connectivity index (χ2n) is 18.7. The van der Waals surface area contributed by atoms with Gasteiger partial charge < -0.3 is 9.80 Å². The predicted molar refractivity (Wildman–Crippen MR) is 257 cm³/mol. The Balaban J connectivity index is 1.05. The number of fused-ring (bicyclic) bond motifs is 6. The fraction of sp³-hybridized carbons (Fsp3) is 0.214. The topological polar surface area (TPSA) is 31.2 Å². The Hall–Kier alpha value is -6.52. The van der Waals surface area contributed by atoms with Crippen LogP contribution in [0.25, 0.3) is 54.6 Å². The normalized spacial score (nSPS) is 17.7. The standard InChI is InChI=1S/C56H52N4/c1-53(2)55(5,6)59(43-23-11-9-12-24-43)51(57-53)41-21-17-19-37(33-41)39-29-31-47-48-32-30-40(36-50(48)46-28-16-15-27-45(46)49(47)35-39)38-20-18-22-42(34-38)52-58-54(3,4)56(7,8)60(52)44-25-13-10-14-26-44/h9-36H,1-8H3. The first kappa shape index (κ1) is 37.7. The number of aliphatic imine (C=N–C) groups is 2. The Morgan fingerprint density at radius 3 is 1.03 bits per heavy atom. The van der Waals surface area contributed by atoms with E-state index in [-0.39, 0.29) is 22.2 Å². The lowest BCUT2D eigenvalue weighted by Crippen LogP contribution is -2.53. The monoisotopic (exact) mass is 780 g/mol. The van der Waals surface area contributed by atoms with Gasteiger partial charge in [0.2, 0.25) is 0 Å². The Labute approximate surface area is 354 Å². The number of para-hydroxylation sites is 2. The SMILES string of the molecule is CC1(C)N=C(c2cccc(-c3ccc4c5ccc(-c6cccc(C7=NC(C)(C)C(C)(C)N7c7ccccc7)c6)cc5c5ccccc5c4c3)c2)N(c2ccccc2)C1(C)C. The lowest BCUT2D eigenvalue weighted by Gasteiger charge is -2.41. The van der Waals surface area contributed by atoms with Crippen molar-refractivity contribution in [1.82, 2.24) is 0 Å². The molecule has 4 nitrogen and oxygen atoms in total. The maximum atomic E-state index is 5.38. The van der Waals surface area contributed by atoms with Crippen LogP contribution < -0.4 is 9.80 Å². The van der Waals surface area contributed by atoms with Gasteiger partial charge in [-0.2, -0.15) is 0 Å². The van der Waals surface area contributed by atoms with Crippen molar-refractivity contribution in [3.63, 3.8) is 0 Å². The van der Waals surface area contributed by atoms with Crippen molar-refractivity contribution in [2.45, 2.75) is 77.5 Å². The Morgan fingerprint density at radius 2 is 0.633 bits per heavy atom. The molecule has 2 heterocycles. The van der Waals surface area contributed by atoms with Crippen LogP contribution in [-0.4, -0.2) is 33.8 Å². The van der Waals surface area contributed by atoms with Gasteiger partial charge in [0.05, 0.1) is 22.2 Å². The zero-order chi connectivity index (χ0) is 41.6. The molecule has 10 rings (SSSR count).